The van der Waals surface area contributed by atoms with Gasteiger partial charge >= 0.3 is 0 Å². The third kappa shape index (κ3) is 2.20. The van der Waals surface area contributed by atoms with Gasteiger partial charge in [0.1, 0.15) is 22.8 Å². The highest BCUT2D eigenvalue weighted by molar-refractivity contribution is 6.00. The number of amides is 1. The summed E-state index contributed by atoms with van der Waals surface area (Å²) >= 11 is 0. The van der Waals surface area contributed by atoms with E-state index in [1.807, 2.05) is 12.3 Å². The van der Waals surface area contributed by atoms with Crippen LogP contribution in [0.5, 0.6) is 0 Å². The fraction of sp³-hybridized carbons (Fsp3) is 0.143. The first-order valence-electron chi connectivity index (χ1n) is 6.85. The summed E-state index contributed by atoms with van der Waals surface area (Å²) in [5.41, 5.74) is 2.42. The zero-order valence-corrected chi connectivity index (χ0v) is 11.6. The van der Waals surface area contributed by atoms with Crippen LogP contribution in [0, 0.1) is 0 Å². The molecule has 0 radical (unpaired) electrons. The molecule has 0 aromatic carbocycles. The van der Waals surface area contributed by atoms with E-state index in [0.29, 0.717) is 12.4 Å². The summed E-state index contributed by atoms with van der Waals surface area (Å²) in [7, 11) is 0. The van der Waals surface area contributed by atoms with E-state index in [1.54, 1.807) is 18.6 Å². The molecule has 0 spiro atoms. The zero-order chi connectivity index (χ0) is 14.9. The number of hydrogen-bond acceptors (Lipinski definition) is 4. The van der Waals surface area contributed by atoms with Gasteiger partial charge in [-0.15, -0.1) is 0 Å². The van der Waals surface area contributed by atoms with Gasteiger partial charge in [0.15, 0.2) is 0 Å². The van der Waals surface area contributed by atoms with Crippen molar-refractivity contribution in [3.8, 4) is 0 Å². The quantitative estimate of drug-likeness (QED) is 0.450. The molecule has 0 saturated heterocycles. The number of nitrogens with zero attached hydrogens (tertiary/aromatic N) is 3. The Kier molecular flexibility index (Phi) is 2.85. The van der Waals surface area contributed by atoms with E-state index in [-0.39, 0.29) is 12.3 Å². The van der Waals surface area contributed by atoms with E-state index in [2.05, 4.69) is 35.2 Å². The first-order chi connectivity index (χ1) is 10.8. The van der Waals surface area contributed by atoms with Crippen molar-refractivity contribution < 1.29 is 4.79 Å². The lowest BCUT2D eigenvalue weighted by Crippen LogP contribution is -2.25. The van der Waals surface area contributed by atoms with Gasteiger partial charge in [0.05, 0.1) is 24.7 Å². The molecule has 22 heavy (non-hydrogen) atoms. The van der Waals surface area contributed by atoms with Gasteiger partial charge in [-0.1, -0.05) is 0 Å². The molecular weight excluding hydrogens is 282 g/mol. The van der Waals surface area contributed by atoms with Gasteiger partial charge in [-0.05, 0) is 6.07 Å². The lowest BCUT2D eigenvalue weighted by atomic mass is 10.3. The molecule has 8 heteroatoms. The molecular formula is C14H13N7O. The van der Waals surface area contributed by atoms with Crippen molar-refractivity contribution >= 4 is 28.0 Å². The second kappa shape index (κ2) is 4.99. The molecule has 4 aromatic rings. The molecule has 0 aliphatic heterocycles. The van der Waals surface area contributed by atoms with E-state index in [1.165, 1.54) is 0 Å². The van der Waals surface area contributed by atoms with Crippen LogP contribution in [-0.2, 0) is 17.8 Å². The molecule has 4 aromatic heterocycles. The fourth-order valence-electron chi connectivity index (χ4n) is 2.40. The topological polar surface area (TPSA) is 115 Å². The number of fused-ring (bicyclic) bond motifs is 3. The molecule has 0 bridgehead atoms. The van der Waals surface area contributed by atoms with Crippen molar-refractivity contribution in [1.29, 1.82) is 0 Å². The minimum absolute atomic E-state index is 0.117. The SMILES string of the molecule is O=C(Cc1nc2c(cnc3[nH]ccc32)[nH]1)NCc1ncc[nH]1. The van der Waals surface area contributed by atoms with Crippen molar-refractivity contribution in [2.45, 2.75) is 13.0 Å². The fourth-order valence-corrected chi connectivity index (χ4v) is 2.40. The summed E-state index contributed by atoms with van der Waals surface area (Å²) in [5.74, 6) is 1.22. The highest BCUT2D eigenvalue weighted by Crippen LogP contribution is 2.20. The predicted octanol–water partition coefficient (Wildman–Crippen LogP) is 1.02. The normalized spacial score (nSPS) is 11.3. The summed E-state index contributed by atoms with van der Waals surface area (Å²) in [4.78, 5) is 33.9. The Morgan fingerprint density at radius 3 is 3.00 bits per heavy atom. The third-order valence-corrected chi connectivity index (χ3v) is 3.42. The Hall–Kier alpha value is -3.16. The number of hydrogen-bond donors (Lipinski definition) is 4. The van der Waals surface area contributed by atoms with Crippen LogP contribution < -0.4 is 5.32 Å². The molecule has 0 fully saturated rings. The van der Waals surface area contributed by atoms with Crippen LogP contribution in [0.1, 0.15) is 11.6 Å². The molecule has 0 aliphatic carbocycles. The monoisotopic (exact) mass is 295 g/mol. The Morgan fingerprint density at radius 2 is 2.14 bits per heavy atom. The van der Waals surface area contributed by atoms with Gasteiger partial charge in [0, 0.05) is 24.0 Å². The molecule has 0 saturated carbocycles. The van der Waals surface area contributed by atoms with Crippen molar-refractivity contribution in [3.05, 3.63) is 42.5 Å². The van der Waals surface area contributed by atoms with Gasteiger partial charge in [0.25, 0.3) is 0 Å². The number of pyridine rings is 1. The Labute approximate surface area is 124 Å². The van der Waals surface area contributed by atoms with Crippen molar-refractivity contribution in [3.63, 3.8) is 0 Å². The number of aromatic amines is 3. The molecule has 4 N–H and O–H groups in total. The number of nitrogens with one attached hydrogen (secondary N) is 4. The van der Waals surface area contributed by atoms with Gasteiger partial charge in [0.2, 0.25) is 5.91 Å². The second-order valence-corrected chi connectivity index (χ2v) is 4.93. The summed E-state index contributed by atoms with van der Waals surface area (Å²) in [6, 6.07) is 1.92. The van der Waals surface area contributed by atoms with E-state index < -0.39 is 0 Å². The van der Waals surface area contributed by atoms with Gasteiger partial charge in [-0.25, -0.2) is 15.0 Å². The first-order valence-corrected chi connectivity index (χ1v) is 6.85. The first kappa shape index (κ1) is 12.6. The van der Waals surface area contributed by atoms with Crippen LogP contribution in [0.25, 0.3) is 22.1 Å². The molecule has 4 heterocycles. The molecule has 0 atom stereocenters. The number of aromatic nitrogens is 6. The van der Waals surface area contributed by atoms with Gasteiger partial charge < -0.3 is 20.3 Å². The minimum Gasteiger partial charge on any atom is -0.348 e. The molecule has 0 unspecified atom stereocenters. The van der Waals surface area contributed by atoms with E-state index in [9.17, 15) is 4.79 Å². The van der Waals surface area contributed by atoms with Crippen LogP contribution in [0.2, 0.25) is 0 Å². The van der Waals surface area contributed by atoms with Crippen molar-refractivity contribution in [2.24, 2.45) is 0 Å². The average Bonchev–Trinajstić information content (AvgIpc) is 3.23. The third-order valence-electron chi connectivity index (χ3n) is 3.42. The standard InChI is InChI=1S/C14H13N7O/c22-12(18-7-11-15-3-4-16-11)5-10-20-9-6-19-14-8(1-2-17-14)13(9)21-10/h1-4,6H,5,7H2,(H,15,16)(H,17,19)(H,18,22)(H,20,21). The van der Waals surface area contributed by atoms with Crippen LogP contribution >= 0.6 is 0 Å². The van der Waals surface area contributed by atoms with Gasteiger partial charge in [-0.3, -0.25) is 4.79 Å². The Bertz CT molecular complexity index is 935. The summed E-state index contributed by atoms with van der Waals surface area (Å²) in [5, 5.41) is 3.74. The number of carbonyl (C=O) groups is 1. The van der Waals surface area contributed by atoms with Crippen molar-refractivity contribution in [1.82, 2.24) is 35.2 Å². The maximum Gasteiger partial charge on any atom is 0.227 e. The van der Waals surface area contributed by atoms with E-state index >= 15 is 0 Å². The Balaban J connectivity index is 1.52. The molecule has 4 rings (SSSR count). The van der Waals surface area contributed by atoms with E-state index in [0.717, 1.165) is 27.9 Å². The largest absolute Gasteiger partial charge is 0.348 e. The van der Waals surface area contributed by atoms with Crippen LogP contribution in [0.3, 0.4) is 0 Å². The number of carbonyl (C=O) groups excluding carboxylic acids is 1. The molecule has 110 valence electrons. The number of rotatable bonds is 4. The highest BCUT2D eigenvalue weighted by atomic mass is 16.1. The summed E-state index contributed by atoms with van der Waals surface area (Å²) in [6.07, 6.45) is 7.08. The maximum absolute atomic E-state index is 12.0. The van der Waals surface area contributed by atoms with Crippen LogP contribution in [0.15, 0.2) is 30.9 Å². The second-order valence-electron chi connectivity index (χ2n) is 4.93. The number of H-pyrrole nitrogens is 3. The van der Waals surface area contributed by atoms with E-state index in [4.69, 9.17) is 0 Å². The summed E-state index contributed by atoms with van der Waals surface area (Å²) in [6.45, 7) is 0.371. The lowest BCUT2D eigenvalue weighted by molar-refractivity contribution is -0.120. The average molecular weight is 295 g/mol. The smallest absolute Gasteiger partial charge is 0.227 e. The van der Waals surface area contributed by atoms with Gasteiger partial charge in [-0.2, -0.15) is 0 Å². The minimum atomic E-state index is -0.117. The molecule has 1 amide bonds. The summed E-state index contributed by atoms with van der Waals surface area (Å²) < 4.78 is 0. The highest BCUT2D eigenvalue weighted by Gasteiger charge is 2.11. The number of imidazole rings is 2. The maximum atomic E-state index is 12.0. The lowest BCUT2D eigenvalue weighted by Gasteiger charge is -2.00. The van der Waals surface area contributed by atoms with Crippen LogP contribution in [-0.4, -0.2) is 35.8 Å². The van der Waals surface area contributed by atoms with Crippen LogP contribution in [0.4, 0.5) is 0 Å². The Morgan fingerprint density at radius 1 is 1.18 bits per heavy atom. The van der Waals surface area contributed by atoms with Crippen molar-refractivity contribution in [2.75, 3.05) is 0 Å². The zero-order valence-electron chi connectivity index (χ0n) is 11.6. The predicted molar refractivity (Wildman–Crippen MR) is 79.9 cm³/mol. The molecule has 8 nitrogen and oxygen atoms in total. The molecule has 0 aliphatic rings.